The average molecular weight is 192 g/mol. The number of carbonyl (C=O) groups excluding carboxylic acids is 1. The summed E-state index contributed by atoms with van der Waals surface area (Å²) in [4.78, 5) is 10.5. The van der Waals surface area contributed by atoms with Gasteiger partial charge >= 0.3 is 0 Å². The van der Waals surface area contributed by atoms with Gasteiger partial charge in [0.05, 0.1) is 5.33 Å². The van der Waals surface area contributed by atoms with Crippen LogP contribution in [0.5, 0.6) is 0 Å². The Hall–Kier alpha value is -0.310. The third-order valence-corrected chi connectivity index (χ3v) is 1.30. The molecule has 0 bridgehead atoms. The van der Waals surface area contributed by atoms with E-state index in [1.807, 2.05) is 0 Å². The summed E-state index contributed by atoms with van der Waals surface area (Å²) in [5.41, 5.74) is 0. The molecule has 0 heterocycles. The second-order valence-corrected chi connectivity index (χ2v) is 2.12. The van der Waals surface area contributed by atoms with Crippen LogP contribution in [0.4, 0.5) is 0 Å². The topological polar surface area (TPSA) is 29.1 Å². The predicted molar refractivity (Wildman–Crippen MR) is 41.6 cm³/mol. The molecule has 0 aromatic rings. The van der Waals surface area contributed by atoms with E-state index in [1.165, 1.54) is 0 Å². The molecule has 0 spiro atoms. The van der Waals surface area contributed by atoms with Gasteiger partial charge in [0.15, 0.2) is 0 Å². The Bertz CT molecular complexity index is 103. The van der Waals surface area contributed by atoms with Gasteiger partial charge < -0.3 is 5.32 Å². The largest absolute Gasteiger partial charge is 0.355 e. The van der Waals surface area contributed by atoms with Crippen LogP contribution in [0.25, 0.3) is 0 Å². The van der Waals surface area contributed by atoms with E-state index in [0.717, 1.165) is 6.42 Å². The van der Waals surface area contributed by atoms with Crippen molar-refractivity contribution in [2.24, 2.45) is 0 Å². The van der Waals surface area contributed by atoms with E-state index in [4.69, 9.17) is 0 Å². The van der Waals surface area contributed by atoms with Gasteiger partial charge in [-0.15, -0.1) is 6.58 Å². The molecule has 52 valence electrons. The highest BCUT2D eigenvalue weighted by atomic mass is 79.9. The van der Waals surface area contributed by atoms with E-state index in [9.17, 15) is 4.79 Å². The lowest BCUT2D eigenvalue weighted by Gasteiger charge is -1.97. The lowest BCUT2D eigenvalue weighted by Crippen LogP contribution is -2.24. The van der Waals surface area contributed by atoms with E-state index in [0.29, 0.717) is 11.9 Å². The summed E-state index contributed by atoms with van der Waals surface area (Å²) < 4.78 is 0. The van der Waals surface area contributed by atoms with Gasteiger partial charge in [-0.25, -0.2) is 0 Å². The summed E-state index contributed by atoms with van der Waals surface area (Å²) in [6.45, 7) is 4.21. The van der Waals surface area contributed by atoms with Crippen molar-refractivity contribution in [3.63, 3.8) is 0 Å². The van der Waals surface area contributed by atoms with E-state index in [1.54, 1.807) is 6.08 Å². The Balaban J connectivity index is 3.06. The molecule has 0 aromatic heterocycles. The van der Waals surface area contributed by atoms with Gasteiger partial charge in [-0.3, -0.25) is 4.79 Å². The highest BCUT2D eigenvalue weighted by molar-refractivity contribution is 9.09. The van der Waals surface area contributed by atoms with Gasteiger partial charge in [-0.2, -0.15) is 0 Å². The van der Waals surface area contributed by atoms with Crippen molar-refractivity contribution < 1.29 is 4.79 Å². The predicted octanol–water partition coefficient (Wildman–Crippen LogP) is 1.07. The first kappa shape index (κ1) is 8.69. The summed E-state index contributed by atoms with van der Waals surface area (Å²) in [5, 5.41) is 3.06. The standard InChI is InChI=1S/C6H10BrNO/c1-2-3-4-8-6(9)5-7/h2H,1,3-5H2,(H,8,9). The van der Waals surface area contributed by atoms with E-state index >= 15 is 0 Å². The molecular formula is C6H10BrNO. The summed E-state index contributed by atoms with van der Waals surface area (Å²) in [5.74, 6) is 0.0249. The zero-order valence-corrected chi connectivity index (χ0v) is 6.78. The number of amides is 1. The molecule has 0 saturated carbocycles. The van der Waals surface area contributed by atoms with Gasteiger partial charge in [0.25, 0.3) is 0 Å². The van der Waals surface area contributed by atoms with Crippen molar-refractivity contribution in [2.75, 3.05) is 11.9 Å². The Labute approximate surface area is 63.5 Å². The molecule has 1 amide bonds. The molecule has 0 radical (unpaired) electrons. The Morgan fingerprint density at radius 2 is 2.44 bits per heavy atom. The molecule has 2 nitrogen and oxygen atoms in total. The third-order valence-electron chi connectivity index (χ3n) is 0.792. The molecule has 9 heavy (non-hydrogen) atoms. The fourth-order valence-electron chi connectivity index (χ4n) is 0.361. The molecule has 0 aliphatic heterocycles. The average Bonchev–Trinajstić information content (AvgIpc) is 1.89. The van der Waals surface area contributed by atoms with E-state index in [-0.39, 0.29) is 5.91 Å². The second-order valence-electron chi connectivity index (χ2n) is 1.56. The van der Waals surface area contributed by atoms with Gasteiger partial charge in [-0.05, 0) is 6.42 Å². The normalized spacial score (nSPS) is 8.56. The van der Waals surface area contributed by atoms with Crippen LogP contribution >= 0.6 is 15.9 Å². The monoisotopic (exact) mass is 191 g/mol. The smallest absolute Gasteiger partial charge is 0.230 e. The van der Waals surface area contributed by atoms with Crippen LogP contribution in [0.15, 0.2) is 12.7 Å². The molecule has 0 unspecified atom stereocenters. The SMILES string of the molecule is C=CCCNC(=O)CBr. The summed E-state index contributed by atoms with van der Waals surface area (Å²) in [6.07, 6.45) is 2.60. The highest BCUT2D eigenvalue weighted by Gasteiger charge is 1.92. The van der Waals surface area contributed by atoms with Crippen LogP contribution in [0, 0.1) is 0 Å². The van der Waals surface area contributed by atoms with Gasteiger partial charge in [0, 0.05) is 6.54 Å². The van der Waals surface area contributed by atoms with Crippen LogP contribution in [-0.2, 0) is 4.79 Å². The number of alkyl halides is 1. The first-order valence-corrected chi connectivity index (χ1v) is 3.87. The highest BCUT2D eigenvalue weighted by Crippen LogP contribution is 1.79. The lowest BCUT2D eigenvalue weighted by atomic mass is 10.4. The minimum atomic E-state index is 0.0249. The molecule has 0 aliphatic carbocycles. The zero-order valence-electron chi connectivity index (χ0n) is 5.19. The van der Waals surface area contributed by atoms with Gasteiger partial charge in [0.2, 0.25) is 5.91 Å². The fraction of sp³-hybridized carbons (Fsp3) is 0.500. The minimum Gasteiger partial charge on any atom is -0.355 e. The Kier molecular flexibility index (Phi) is 5.62. The van der Waals surface area contributed by atoms with Crippen molar-refractivity contribution >= 4 is 21.8 Å². The van der Waals surface area contributed by atoms with Crippen LogP contribution in [0.1, 0.15) is 6.42 Å². The number of halogens is 1. The number of hydrogen-bond acceptors (Lipinski definition) is 1. The molecule has 0 aromatic carbocycles. The Morgan fingerprint density at radius 3 is 2.89 bits per heavy atom. The van der Waals surface area contributed by atoms with Crippen LogP contribution in [0.3, 0.4) is 0 Å². The number of carbonyl (C=O) groups is 1. The maximum atomic E-state index is 10.5. The van der Waals surface area contributed by atoms with Crippen LogP contribution in [-0.4, -0.2) is 17.8 Å². The van der Waals surface area contributed by atoms with Crippen molar-refractivity contribution in [1.29, 1.82) is 0 Å². The first-order valence-electron chi connectivity index (χ1n) is 2.74. The number of hydrogen-bond donors (Lipinski definition) is 1. The quantitative estimate of drug-likeness (QED) is 0.403. The maximum Gasteiger partial charge on any atom is 0.230 e. The van der Waals surface area contributed by atoms with E-state index in [2.05, 4.69) is 27.8 Å². The molecule has 3 heteroatoms. The van der Waals surface area contributed by atoms with Crippen LogP contribution < -0.4 is 5.32 Å². The molecule has 0 rings (SSSR count). The maximum absolute atomic E-state index is 10.5. The lowest BCUT2D eigenvalue weighted by molar-refractivity contribution is -0.118. The summed E-state index contributed by atoms with van der Waals surface area (Å²) in [7, 11) is 0. The van der Waals surface area contributed by atoms with Gasteiger partial charge in [0.1, 0.15) is 0 Å². The molecule has 0 saturated heterocycles. The molecule has 1 N–H and O–H groups in total. The van der Waals surface area contributed by atoms with Crippen molar-refractivity contribution in [2.45, 2.75) is 6.42 Å². The number of rotatable bonds is 4. The van der Waals surface area contributed by atoms with E-state index < -0.39 is 0 Å². The third kappa shape index (κ3) is 5.56. The first-order chi connectivity index (χ1) is 4.31. The minimum absolute atomic E-state index is 0.0249. The molecule has 0 fully saturated rings. The zero-order chi connectivity index (χ0) is 7.11. The molecule has 0 atom stereocenters. The van der Waals surface area contributed by atoms with Gasteiger partial charge in [-0.1, -0.05) is 22.0 Å². The molecular weight excluding hydrogens is 182 g/mol. The summed E-state index contributed by atoms with van der Waals surface area (Å²) in [6, 6.07) is 0. The second kappa shape index (κ2) is 5.82. The summed E-state index contributed by atoms with van der Waals surface area (Å²) >= 11 is 3.03. The van der Waals surface area contributed by atoms with Crippen molar-refractivity contribution in [1.82, 2.24) is 5.32 Å². The van der Waals surface area contributed by atoms with Crippen LogP contribution in [0.2, 0.25) is 0 Å². The molecule has 0 aliphatic rings. The van der Waals surface area contributed by atoms with Crippen molar-refractivity contribution in [3.05, 3.63) is 12.7 Å². The fourth-order valence-corrected chi connectivity index (χ4v) is 0.559. The Morgan fingerprint density at radius 1 is 1.78 bits per heavy atom. The van der Waals surface area contributed by atoms with Crippen molar-refractivity contribution in [3.8, 4) is 0 Å². The number of nitrogens with one attached hydrogen (secondary N) is 1.